The van der Waals surface area contributed by atoms with Crippen molar-refractivity contribution in [3.05, 3.63) is 71.8 Å². The van der Waals surface area contributed by atoms with Gasteiger partial charge in [0.05, 0.1) is 12.1 Å². The summed E-state index contributed by atoms with van der Waals surface area (Å²) in [6, 6.07) is 19.9. The van der Waals surface area contributed by atoms with Crippen molar-refractivity contribution in [1.29, 1.82) is 0 Å². The summed E-state index contributed by atoms with van der Waals surface area (Å²) in [6.45, 7) is 4.38. The first kappa shape index (κ1) is 21.2. The molecule has 0 radical (unpaired) electrons. The molecule has 3 atom stereocenters. The van der Waals surface area contributed by atoms with E-state index >= 15 is 0 Å². The van der Waals surface area contributed by atoms with Gasteiger partial charge >= 0.3 is 6.03 Å². The molecular formula is C24H30N2O3S. The molecular weight excluding hydrogens is 396 g/mol. The van der Waals surface area contributed by atoms with Gasteiger partial charge in [-0.2, -0.15) is 0 Å². The summed E-state index contributed by atoms with van der Waals surface area (Å²) in [5.74, 6) is 0.750. The predicted molar refractivity (Wildman–Crippen MR) is 120 cm³/mol. The van der Waals surface area contributed by atoms with E-state index in [1.54, 1.807) is 11.8 Å². The number of carbonyl (C=O) groups excluding carboxylic acids is 1. The maximum absolute atomic E-state index is 13.5. The molecule has 2 saturated heterocycles. The molecule has 2 fully saturated rings. The second-order valence-corrected chi connectivity index (χ2v) is 9.31. The molecule has 2 aromatic rings. The van der Waals surface area contributed by atoms with Crippen LogP contribution in [-0.2, 0) is 17.8 Å². The first-order valence-electron chi connectivity index (χ1n) is 10.7. The third-order valence-corrected chi connectivity index (χ3v) is 7.43. The van der Waals surface area contributed by atoms with Crippen molar-refractivity contribution >= 4 is 17.8 Å². The Hall–Kier alpha value is -2.02. The Bertz CT molecular complexity index is 835. The smallest absolute Gasteiger partial charge is 0.321 e. The van der Waals surface area contributed by atoms with Crippen molar-refractivity contribution in [3.8, 4) is 0 Å². The highest BCUT2D eigenvalue weighted by molar-refractivity contribution is 8.00. The van der Waals surface area contributed by atoms with Gasteiger partial charge in [-0.1, -0.05) is 60.7 Å². The molecule has 0 bridgehead atoms. The number of nitrogens with zero attached hydrogens (tertiary/aromatic N) is 2. The van der Waals surface area contributed by atoms with Crippen LogP contribution in [-0.4, -0.2) is 56.9 Å². The highest BCUT2D eigenvalue weighted by Crippen LogP contribution is 2.48. The first-order valence-corrected chi connectivity index (χ1v) is 11.7. The lowest BCUT2D eigenvalue weighted by atomic mass is 9.98. The zero-order valence-electron chi connectivity index (χ0n) is 17.4. The number of aliphatic hydroxyl groups is 1. The zero-order valence-corrected chi connectivity index (χ0v) is 18.3. The van der Waals surface area contributed by atoms with Gasteiger partial charge in [0.1, 0.15) is 4.93 Å². The van der Waals surface area contributed by atoms with E-state index in [9.17, 15) is 9.90 Å². The summed E-state index contributed by atoms with van der Waals surface area (Å²) in [7, 11) is 0. The van der Waals surface area contributed by atoms with E-state index in [1.165, 1.54) is 0 Å². The first-order chi connectivity index (χ1) is 14.6. The minimum Gasteiger partial charge on any atom is -0.382 e. The fourth-order valence-corrected chi connectivity index (χ4v) is 6.11. The van der Waals surface area contributed by atoms with Gasteiger partial charge in [0, 0.05) is 32.1 Å². The number of hydrogen-bond acceptors (Lipinski definition) is 4. The van der Waals surface area contributed by atoms with Crippen LogP contribution in [0.2, 0.25) is 0 Å². The van der Waals surface area contributed by atoms with Crippen LogP contribution in [0, 0.1) is 0 Å². The lowest BCUT2D eigenvalue weighted by molar-refractivity contribution is 0.0344. The average molecular weight is 427 g/mol. The number of thioether (sulfide) groups is 1. The molecule has 2 aliphatic rings. The second kappa shape index (κ2) is 9.41. The fourth-order valence-electron chi connectivity index (χ4n) is 4.55. The maximum atomic E-state index is 13.5. The number of benzene rings is 2. The van der Waals surface area contributed by atoms with E-state index in [0.717, 1.165) is 23.3 Å². The Morgan fingerprint density at radius 1 is 1.03 bits per heavy atom. The number of carbonyl (C=O) groups is 1. The number of ether oxygens (including phenoxy) is 1. The molecule has 0 saturated carbocycles. The minimum atomic E-state index is -0.947. The molecule has 2 heterocycles. The van der Waals surface area contributed by atoms with Gasteiger partial charge in [-0.3, -0.25) is 0 Å². The Morgan fingerprint density at radius 3 is 2.23 bits per heavy atom. The molecule has 6 heteroatoms. The summed E-state index contributed by atoms with van der Waals surface area (Å²) < 4.78 is 5.48. The summed E-state index contributed by atoms with van der Waals surface area (Å²) in [4.78, 5) is 16.4. The van der Waals surface area contributed by atoms with Crippen LogP contribution in [0.1, 0.15) is 30.9 Å². The van der Waals surface area contributed by atoms with Crippen LogP contribution >= 0.6 is 11.8 Å². The SMILES string of the molecule is CCOCCCC1(O)SC[C@@H]2[C@H]1N(Cc1ccccc1)C(=O)N2Cc1ccccc1. The molecule has 2 aromatic carbocycles. The molecule has 30 heavy (non-hydrogen) atoms. The van der Waals surface area contributed by atoms with E-state index in [4.69, 9.17) is 4.74 Å². The highest BCUT2D eigenvalue weighted by Gasteiger charge is 2.59. The van der Waals surface area contributed by atoms with Crippen molar-refractivity contribution in [2.75, 3.05) is 19.0 Å². The molecule has 0 spiro atoms. The van der Waals surface area contributed by atoms with Gasteiger partial charge in [0.2, 0.25) is 0 Å². The monoisotopic (exact) mass is 426 g/mol. The van der Waals surface area contributed by atoms with Crippen molar-refractivity contribution in [2.45, 2.75) is 49.9 Å². The maximum Gasteiger partial charge on any atom is 0.321 e. The van der Waals surface area contributed by atoms with Gasteiger partial charge < -0.3 is 19.6 Å². The molecule has 160 valence electrons. The van der Waals surface area contributed by atoms with E-state index < -0.39 is 4.93 Å². The molecule has 0 aromatic heterocycles. The third-order valence-electron chi connectivity index (χ3n) is 5.98. The lowest BCUT2D eigenvalue weighted by Gasteiger charge is -2.34. The lowest BCUT2D eigenvalue weighted by Crippen LogP contribution is -2.48. The van der Waals surface area contributed by atoms with Crippen LogP contribution in [0.3, 0.4) is 0 Å². The predicted octanol–water partition coefficient (Wildman–Crippen LogP) is 4.11. The number of rotatable bonds is 9. The topological polar surface area (TPSA) is 53.0 Å². The largest absolute Gasteiger partial charge is 0.382 e. The molecule has 1 N–H and O–H groups in total. The van der Waals surface area contributed by atoms with E-state index in [-0.39, 0.29) is 18.1 Å². The van der Waals surface area contributed by atoms with Crippen LogP contribution in [0.5, 0.6) is 0 Å². The van der Waals surface area contributed by atoms with Crippen LogP contribution < -0.4 is 0 Å². The molecule has 0 aliphatic carbocycles. The van der Waals surface area contributed by atoms with Gasteiger partial charge in [-0.25, -0.2) is 4.79 Å². The molecule has 2 amide bonds. The van der Waals surface area contributed by atoms with Crippen molar-refractivity contribution in [3.63, 3.8) is 0 Å². The Morgan fingerprint density at radius 2 is 1.63 bits per heavy atom. The summed E-state index contributed by atoms with van der Waals surface area (Å²) in [6.07, 6.45) is 1.41. The Kier molecular flexibility index (Phi) is 6.66. The standard InChI is InChI=1S/C24H30N2O3S/c1-2-29-15-9-14-24(28)22-21(18-30-24)25(16-19-10-5-3-6-11-19)23(27)26(22)17-20-12-7-4-8-13-20/h3-8,10-13,21-22,28H,2,9,14-18H2,1H3/t21-,22-,24?/m1/s1. The Labute approximate surface area is 183 Å². The van der Waals surface area contributed by atoms with Crippen LogP contribution in [0.4, 0.5) is 4.79 Å². The average Bonchev–Trinajstić information content (AvgIpc) is 3.24. The van der Waals surface area contributed by atoms with Crippen molar-refractivity contribution in [1.82, 2.24) is 9.80 Å². The number of hydrogen-bond donors (Lipinski definition) is 1. The summed E-state index contributed by atoms with van der Waals surface area (Å²) >= 11 is 1.59. The van der Waals surface area contributed by atoms with Crippen molar-refractivity contribution < 1.29 is 14.6 Å². The fraction of sp³-hybridized carbons (Fsp3) is 0.458. The van der Waals surface area contributed by atoms with E-state index in [2.05, 4.69) is 12.1 Å². The molecule has 1 unspecified atom stereocenters. The van der Waals surface area contributed by atoms with Gasteiger partial charge in [-0.15, -0.1) is 11.8 Å². The molecule has 5 nitrogen and oxygen atoms in total. The molecule has 4 rings (SSSR count). The normalized spacial score (nSPS) is 25.7. The van der Waals surface area contributed by atoms with E-state index in [1.807, 2.05) is 65.3 Å². The summed E-state index contributed by atoms with van der Waals surface area (Å²) in [5.41, 5.74) is 2.20. The van der Waals surface area contributed by atoms with Crippen molar-refractivity contribution in [2.24, 2.45) is 0 Å². The quantitative estimate of drug-likeness (QED) is 0.484. The summed E-state index contributed by atoms with van der Waals surface area (Å²) in [5, 5.41) is 11.6. The number of fused-ring (bicyclic) bond motifs is 1. The number of amides is 2. The van der Waals surface area contributed by atoms with Gasteiger partial charge in [0.25, 0.3) is 0 Å². The zero-order chi connectivity index (χ0) is 21.0. The highest BCUT2D eigenvalue weighted by atomic mass is 32.2. The van der Waals surface area contributed by atoms with Crippen LogP contribution in [0.25, 0.3) is 0 Å². The third kappa shape index (κ3) is 4.36. The molecule has 2 aliphatic heterocycles. The minimum absolute atomic E-state index is 0.00325. The Balaban J connectivity index is 1.58. The number of urea groups is 1. The van der Waals surface area contributed by atoms with Crippen LogP contribution in [0.15, 0.2) is 60.7 Å². The van der Waals surface area contributed by atoms with Gasteiger partial charge in [0.15, 0.2) is 0 Å². The van der Waals surface area contributed by atoms with E-state index in [0.29, 0.717) is 32.7 Å². The second-order valence-electron chi connectivity index (χ2n) is 7.98. The van der Waals surface area contributed by atoms with Gasteiger partial charge in [-0.05, 0) is 30.9 Å².